The Labute approximate surface area is 186 Å². The Hall–Kier alpha value is -4.29. The topological polar surface area (TPSA) is 144 Å². The minimum absolute atomic E-state index is 0.0325. The van der Waals surface area contributed by atoms with Gasteiger partial charge in [-0.15, -0.1) is 11.3 Å². The molecule has 1 amide bonds. The van der Waals surface area contributed by atoms with E-state index in [4.69, 9.17) is 16.2 Å². The van der Waals surface area contributed by atoms with E-state index in [1.165, 1.54) is 12.1 Å². The van der Waals surface area contributed by atoms with Crippen molar-refractivity contribution < 1.29 is 14.6 Å². The van der Waals surface area contributed by atoms with Crippen molar-refractivity contribution >= 4 is 34.7 Å². The fourth-order valence-electron chi connectivity index (χ4n) is 3.64. The third-order valence-corrected chi connectivity index (χ3v) is 6.28. The van der Waals surface area contributed by atoms with Gasteiger partial charge in [-0.1, -0.05) is 24.3 Å². The second kappa shape index (κ2) is 8.09. The van der Waals surface area contributed by atoms with Crippen LogP contribution in [0.25, 0.3) is 17.5 Å². The molecule has 0 radical (unpaired) electrons. The summed E-state index contributed by atoms with van der Waals surface area (Å²) in [7, 11) is 1.56. The summed E-state index contributed by atoms with van der Waals surface area (Å²) in [6, 6.07) is 15.2. The molecular weight excluding hydrogens is 428 g/mol. The quantitative estimate of drug-likeness (QED) is 0.533. The van der Waals surface area contributed by atoms with Gasteiger partial charge in [0.15, 0.2) is 0 Å². The summed E-state index contributed by atoms with van der Waals surface area (Å²) in [6.07, 6.45) is 1.67. The molecule has 1 atom stereocenters. The van der Waals surface area contributed by atoms with Crippen LogP contribution in [0.2, 0.25) is 0 Å². The van der Waals surface area contributed by atoms with Gasteiger partial charge in [0.25, 0.3) is 5.56 Å². The van der Waals surface area contributed by atoms with Crippen LogP contribution in [0.5, 0.6) is 11.5 Å². The zero-order valence-electron chi connectivity index (χ0n) is 16.9. The number of nitrogens with two attached hydrogens (primary N) is 2. The van der Waals surface area contributed by atoms with Crippen LogP contribution in [0.3, 0.4) is 0 Å². The number of hydrogen-bond donors (Lipinski definition) is 3. The molecular formula is C23H18N4O4S. The number of carbonyl (C=O) groups excluding carboxylic acids is 1. The number of allylic oxidation sites excluding steroid dienone is 1. The zero-order chi connectivity index (χ0) is 23.0. The summed E-state index contributed by atoms with van der Waals surface area (Å²) in [5, 5.41) is 19.4. The lowest BCUT2D eigenvalue weighted by Gasteiger charge is -2.24. The van der Waals surface area contributed by atoms with E-state index in [2.05, 4.69) is 0 Å². The largest absolute Gasteiger partial charge is 0.508 e. The lowest BCUT2D eigenvalue weighted by molar-refractivity contribution is -0.113. The van der Waals surface area contributed by atoms with E-state index in [0.29, 0.717) is 15.8 Å². The average Bonchev–Trinajstić information content (AvgIpc) is 3.10. The van der Waals surface area contributed by atoms with Gasteiger partial charge in [-0.05, 0) is 41.5 Å². The van der Waals surface area contributed by atoms with Gasteiger partial charge in [-0.25, -0.2) is 0 Å². The van der Waals surface area contributed by atoms with Crippen LogP contribution in [0.15, 0.2) is 58.9 Å². The number of methoxy groups -OCH3 is 1. The second-order valence-electron chi connectivity index (χ2n) is 7.04. The van der Waals surface area contributed by atoms with E-state index in [1.807, 2.05) is 6.07 Å². The summed E-state index contributed by atoms with van der Waals surface area (Å²) in [6.45, 7) is 0. The summed E-state index contributed by atoms with van der Waals surface area (Å²) < 4.78 is 6.91. The van der Waals surface area contributed by atoms with E-state index in [1.54, 1.807) is 49.6 Å². The van der Waals surface area contributed by atoms with E-state index in [0.717, 1.165) is 21.5 Å². The minimum Gasteiger partial charge on any atom is -0.508 e. The molecule has 0 saturated carbocycles. The molecule has 9 heteroatoms. The van der Waals surface area contributed by atoms with Crippen molar-refractivity contribution in [1.29, 1.82) is 5.26 Å². The molecule has 0 bridgehead atoms. The van der Waals surface area contributed by atoms with Crippen LogP contribution in [-0.4, -0.2) is 22.7 Å². The van der Waals surface area contributed by atoms with Crippen molar-refractivity contribution in [2.45, 2.75) is 5.92 Å². The van der Waals surface area contributed by atoms with Gasteiger partial charge in [0.05, 0.1) is 34.8 Å². The maximum absolute atomic E-state index is 13.2. The van der Waals surface area contributed by atoms with Crippen molar-refractivity contribution in [3.8, 4) is 17.6 Å². The number of hydrogen-bond acceptors (Lipinski definition) is 7. The van der Waals surface area contributed by atoms with Crippen molar-refractivity contribution in [3.05, 3.63) is 84.8 Å². The van der Waals surface area contributed by atoms with Crippen molar-refractivity contribution in [3.63, 3.8) is 0 Å². The van der Waals surface area contributed by atoms with Crippen LogP contribution in [0.1, 0.15) is 17.0 Å². The number of benzene rings is 2. The maximum atomic E-state index is 13.2. The normalized spacial score (nSPS) is 15.9. The van der Waals surface area contributed by atoms with Gasteiger partial charge in [0.2, 0.25) is 5.91 Å². The molecule has 0 fully saturated rings. The predicted molar refractivity (Wildman–Crippen MR) is 121 cm³/mol. The molecule has 0 saturated heterocycles. The van der Waals surface area contributed by atoms with E-state index < -0.39 is 17.4 Å². The summed E-state index contributed by atoms with van der Waals surface area (Å²) >= 11 is 1.07. The zero-order valence-corrected chi connectivity index (χ0v) is 17.7. The predicted octanol–water partition coefficient (Wildman–Crippen LogP) is 0.537. The number of nitrogens with zero attached hydrogens (tertiary/aromatic N) is 2. The molecule has 160 valence electrons. The lowest BCUT2D eigenvalue weighted by atomic mass is 9.83. The molecule has 0 aliphatic carbocycles. The molecule has 1 aliphatic heterocycles. The molecule has 1 unspecified atom stereocenters. The van der Waals surface area contributed by atoms with Crippen molar-refractivity contribution in [2.24, 2.45) is 11.5 Å². The number of nitriles is 1. The van der Waals surface area contributed by atoms with Gasteiger partial charge in [0, 0.05) is 0 Å². The summed E-state index contributed by atoms with van der Waals surface area (Å²) in [4.78, 5) is 25.7. The molecule has 5 N–H and O–H groups in total. The molecule has 32 heavy (non-hydrogen) atoms. The maximum Gasteiger partial charge on any atom is 0.274 e. The fraction of sp³-hybridized carbons (Fsp3) is 0.0870. The monoisotopic (exact) mass is 446 g/mol. The minimum atomic E-state index is -0.856. The van der Waals surface area contributed by atoms with Gasteiger partial charge in [0.1, 0.15) is 22.0 Å². The van der Waals surface area contributed by atoms with Crippen molar-refractivity contribution in [1.82, 2.24) is 4.57 Å². The standard InChI is InChI=1S/C23H18N4O4S/c1-31-15-8-2-12(3-9-15)10-17-22(30)27-20(25)16(11-24)18(13-4-6-14(28)7-5-13)19(21(26)29)23(27)32-17/h2-10,18,28H,25H2,1H3,(H2,26,29)/b17-10+. The second-order valence-corrected chi connectivity index (χ2v) is 8.07. The van der Waals surface area contributed by atoms with E-state index in [-0.39, 0.29) is 27.4 Å². The van der Waals surface area contributed by atoms with Gasteiger partial charge in [-0.3, -0.25) is 14.2 Å². The average molecular weight is 446 g/mol. The summed E-state index contributed by atoms with van der Waals surface area (Å²) in [5.41, 5.74) is 12.9. The van der Waals surface area contributed by atoms with E-state index in [9.17, 15) is 20.0 Å². The van der Waals surface area contributed by atoms with Gasteiger partial charge in [-0.2, -0.15) is 5.26 Å². The highest BCUT2D eigenvalue weighted by Crippen LogP contribution is 2.36. The third kappa shape index (κ3) is 3.42. The Morgan fingerprint density at radius 1 is 1.22 bits per heavy atom. The van der Waals surface area contributed by atoms with Gasteiger partial charge < -0.3 is 21.3 Å². The first-order chi connectivity index (χ1) is 15.3. The molecule has 2 aromatic carbocycles. The number of phenolic OH excluding ortho intramolecular Hbond substituents is 1. The van der Waals surface area contributed by atoms with Crippen LogP contribution in [0.4, 0.5) is 0 Å². The number of rotatable bonds is 4. The van der Waals surface area contributed by atoms with Crippen LogP contribution >= 0.6 is 11.3 Å². The van der Waals surface area contributed by atoms with E-state index >= 15 is 0 Å². The molecule has 1 aliphatic rings. The van der Waals surface area contributed by atoms with Crippen LogP contribution < -0.4 is 31.0 Å². The Kier molecular flexibility index (Phi) is 5.30. The number of phenols is 1. The number of thiazole rings is 1. The lowest BCUT2D eigenvalue weighted by Crippen LogP contribution is -2.41. The Morgan fingerprint density at radius 2 is 1.88 bits per heavy atom. The number of carbonyl (C=O) groups is 1. The number of fused-ring (bicyclic) bond motifs is 1. The molecule has 8 nitrogen and oxygen atoms in total. The molecule has 4 rings (SSSR count). The Bertz CT molecular complexity index is 1470. The van der Waals surface area contributed by atoms with Crippen LogP contribution in [0, 0.1) is 11.3 Å². The highest BCUT2D eigenvalue weighted by Gasteiger charge is 2.34. The first kappa shape index (κ1) is 21.0. The fourth-order valence-corrected chi connectivity index (χ4v) is 4.82. The van der Waals surface area contributed by atoms with Gasteiger partial charge >= 0.3 is 0 Å². The van der Waals surface area contributed by atoms with Crippen LogP contribution in [-0.2, 0) is 4.79 Å². The molecule has 0 spiro atoms. The third-order valence-electron chi connectivity index (χ3n) is 5.17. The Morgan fingerprint density at radius 3 is 2.44 bits per heavy atom. The smallest absolute Gasteiger partial charge is 0.274 e. The number of ether oxygens (including phenoxy) is 1. The molecule has 3 aromatic rings. The Balaban J connectivity index is 2.03. The number of amides is 1. The first-order valence-electron chi connectivity index (χ1n) is 9.46. The first-order valence-corrected chi connectivity index (χ1v) is 10.3. The highest BCUT2D eigenvalue weighted by atomic mass is 32.1. The number of aromatic nitrogens is 1. The summed E-state index contributed by atoms with van der Waals surface area (Å²) in [5.74, 6) is -0.971. The van der Waals surface area contributed by atoms with Crippen molar-refractivity contribution in [2.75, 3.05) is 7.11 Å². The molecule has 1 aromatic heterocycles. The SMILES string of the molecule is COc1ccc(/C=c2/sc3n(c2=O)C(N)=C(C#N)C(c2ccc(O)cc2)C=3C(N)=O)cc1. The molecule has 2 heterocycles. The number of aromatic hydroxyl groups is 1. The highest BCUT2D eigenvalue weighted by molar-refractivity contribution is 7.07. The number of primary amides is 1.